The maximum atomic E-state index is 11.1. The highest BCUT2D eigenvalue weighted by Gasteiger charge is 2.19. The first kappa shape index (κ1) is 13.4. The molecule has 84 valence electrons. The molecule has 0 heterocycles. The highest BCUT2D eigenvalue weighted by molar-refractivity contribution is 7.95. The van der Waals surface area contributed by atoms with E-state index in [0.717, 1.165) is 13.4 Å². The van der Waals surface area contributed by atoms with Gasteiger partial charge in [0.25, 0.3) is 0 Å². The molecule has 8 heteroatoms. The van der Waals surface area contributed by atoms with E-state index in [4.69, 9.17) is 0 Å². The van der Waals surface area contributed by atoms with E-state index in [1.54, 1.807) is 0 Å². The number of rotatable bonds is 5. The molecule has 6 nitrogen and oxygen atoms in total. The molecule has 0 amide bonds. The van der Waals surface area contributed by atoms with Crippen LogP contribution in [-0.2, 0) is 29.2 Å². The largest absolute Gasteiger partial charge is 0.468 e. The van der Waals surface area contributed by atoms with Crippen LogP contribution in [0.4, 0.5) is 0 Å². The molecule has 0 saturated heterocycles. The van der Waals surface area contributed by atoms with Gasteiger partial charge in [-0.15, -0.1) is 0 Å². The Balaban J connectivity index is 4.31. The molecule has 0 atom stereocenters. The Hall–Kier alpha value is -0.630. The summed E-state index contributed by atoms with van der Waals surface area (Å²) in [5.41, 5.74) is 0. The van der Waals surface area contributed by atoms with Crippen LogP contribution >= 0.6 is 0 Å². The standard InChI is InChI=1S/C6H12O6S2/c1-12-6(7)5-14(10,11)4-3-13(2,8)9/h3-5H2,1-2H3. The third-order valence-corrected chi connectivity index (χ3v) is 4.04. The maximum absolute atomic E-state index is 11.1. The highest BCUT2D eigenvalue weighted by atomic mass is 32.2. The van der Waals surface area contributed by atoms with Gasteiger partial charge in [-0.2, -0.15) is 0 Å². The monoisotopic (exact) mass is 244 g/mol. The van der Waals surface area contributed by atoms with Crippen molar-refractivity contribution in [2.45, 2.75) is 0 Å². The molecule has 0 aromatic carbocycles. The molecule has 0 bridgehead atoms. The number of ether oxygens (including phenoxy) is 1. The van der Waals surface area contributed by atoms with Crippen molar-refractivity contribution in [3.63, 3.8) is 0 Å². The quantitative estimate of drug-likeness (QED) is 0.553. The Kier molecular flexibility index (Phi) is 4.53. The maximum Gasteiger partial charge on any atom is 0.320 e. The summed E-state index contributed by atoms with van der Waals surface area (Å²) >= 11 is 0. The van der Waals surface area contributed by atoms with Gasteiger partial charge in [-0.1, -0.05) is 0 Å². The normalized spacial score (nSPS) is 12.4. The fraction of sp³-hybridized carbons (Fsp3) is 0.833. The molecule has 0 aliphatic carbocycles. The van der Waals surface area contributed by atoms with Gasteiger partial charge in [-0.3, -0.25) is 4.79 Å². The summed E-state index contributed by atoms with van der Waals surface area (Å²) in [5.74, 6) is -2.70. The lowest BCUT2D eigenvalue weighted by Crippen LogP contribution is -2.23. The summed E-state index contributed by atoms with van der Waals surface area (Å²) in [5, 5.41) is 0. The lowest BCUT2D eigenvalue weighted by atomic mass is 10.8. The van der Waals surface area contributed by atoms with Crippen molar-refractivity contribution in [2.75, 3.05) is 30.6 Å². The molecule has 0 spiro atoms. The summed E-state index contributed by atoms with van der Waals surface area (Å²) in [4.78, 5) is 10.6. The number of esters is 1. The molecular weight excluding hydrogens is 232 g/mol. The summed E-state index contributed by atoms with van der Waals surface area (Å²) in [6.07, 6.45) is 0.931. The predicted molar refractivity (Wildman–Crippen MR) is 50.4 cm³/mol. The van der Waals surface area contributed by atoms with Gasteiger partial charge in [0.1, 0.15) is 15.6 Å². The second-order valence-electron chi connectivity index (χ2n) is 2.80. The smallest absolute Gasteiger partial charge is 0.320 e. The first-order valence-corrected chi connectivity index (χ1v) is 7.49. The molecule has 0 aliphatic rings. The minimum Gasteiger partial charge on any atom is -0.468 e. The Bertz CT molecular complexity index is 390. The summed E-state index contributed by atoms with van der Waals surface area (Å²) < 4.78 is 47.6. The van der Waals surface area contributed by atoms with Crippen LogP contribution in [0, 0.1) is 0 Å². The molecular formula is C6H12O6S2. The van der Waals surface area contributed by atoms with E-state index in [1.807, 2.05) is 0 Å². The average Bonchev–Trinajstić information content (AvgIpc) is 1.99. The minimum absolute atomic E-state index is 0.480. The van der Waals surface area contributed by atoms with Crippen LogP contribution in [0.25, 0.3) is 0 Å². The van der Waals surface area contributed by atoms with Crippen LogP contribution in [0.5, 0.6) is 0 Å². The van der Waals surface area contributed by atoms with Gasteiger partial charge < -0.3 is 4.74 Å². The van der Waals surface area contributed by atoms with Gasteiger partial charge in [-0.05, 0) is 0 Å². The second kappa shape index (κ2) is 4.74. The van der Waals surface area contributed by atoms with Crippen molar-refractivity contribution in [3.05, 3.63) is 0 Å². The number of carbonyl (C=O) groups is 1. The zero-order chi connectivity index (χ0) is 11.4. The number of hydrogen-bond acceptors (Lipinski definition) is 6. The summed E-state index contributed by atoms with van der Waals surface area (Å²) in [6, 6.07) is 0. The van der Waals surface area contributed by atoms with E-state index in [0.29, 0.717) is 0 Å². The number of hydrogen-bond donors (Lipinski definition) is 0. The molecule has 0 rings (SSSR count). The van der Waals surface area contributed by atoms with Gasteiger partial charge >= 0.3 is 5.97 Å². The molecule has 0 N–H and O–H groups in total. The van der Waals surface area contributed by atoms with Crippen molar-refractivity contribution in [3.8, 4) is 0 Å². The Morgan fingerprint density at radius 1 is 1.14 bits per heavy atom. The summed E-state index contributed by atoms with van der Waals surface area (Å²) in [6.45, 7) is 0. The highest BCUT2D eigenvalue weighted by Crippen LogP contribution is 1.94. The molecule has 0 aromatic heterocycles. The van der Waals surface area contributed by atoms with Crippen LogP contribution in [0.2, 0.25) is 0 Å². The van der Waals surface area contributed by atoms with E-state index < -0.39 is 42.9 Å². The van der Waals surface area contributed by atoms with Crippen LogP contribution < -0.4 is 0 Å². The Labute approximate surface area is 83.1 Å². The van der Waals surface area contributed by atoms with E-state index >= 15 is 0 Å². The van der Waals surface area contributed by atoms with Crippen molar-refractivity contribution in [1.29, 1.82) is 0 Å². The number of sulfone groups is 2. The van der Waals surface area contributed by atoms with E-state index in [1.165, 1.54) is 0 Å². The third kappa shape index (κ3) is 6.84. The van der Waals surface area contributed by atoms with Crippen LogP contribution in [0.1, 0.15) is 0 Å². The fourth-order valence-electron chi connectivity index (χ4n) is 0.589. The number of methoxy groups -OCH3 is 1. The van der Waals surface area contributed by atoms with E-state index in [9.17, 15) is 21.6 Å². The zero-order valence-corrected chi connectivity index (χ0v) is 9.52. The first-order chi connectivity index (χ1) is 6.16. The SMILES string of the molecule is COC(=O)CS(=O)(=O)CCS(C)(=O)=O. The van der Waals surface area contributed by atoms with Gasteiger partial charge in [0.15, 0.2) is 9.84 Å². The Morgan fingerprint density at radius 2 is 1.64 bits per heavy atom. The third-order valence-electron chi connectivity index (χ3n) is 1.33. The van der Waals surface area contributed by atoms with Crippen molar-refractivity contribution in [2.24, 2.45) is 0 Å². The molecule has 0 fully saturated rings. The van der Waals surface area contributed by atoms with Crippen molar-refractivity contribution < 1.29 is 26.4 Å². The van der Waals surface area contributed by atoms with Crippen LogP contribution in [0.3, 0.4) is 0 Å². The van der Waals surface area contributed by atoms with Gasteiger partial charge in [0, 0.05) is 6.26 Å². The van der Waals surface area contributed by atoms with Gasteiger partial charge in [-0.25, -0.2) is 16.8 Å². The van der Waals surface area contributed by atoms with E-state index in [-0.39, 0.29) is 0 Å². The second-order valence-corrected chi connectivity index (χ2v) is 7.24. The van der Waals surface area contributed by atoms with Gasteiger partial charge in [0.2, 0.25) is 0 Å². The van der Waals surface area contributed by atoms with E-state index in [2.05, 4.69) is 4.74 Å². The number of carbonyl (C=O) groups excluding carboxylic acids is 1. The molecule has 14 heavy (non-hydrogen) atoms. The fourth-order valence-corrected chi connectivity index (χ4v) is 3.44. The zero-order valence-electron chi connectivity index (χ0n) is 7.89. The van der Waals surface area contributed by atoms with Crippen LogP contribution in [0.15, 0.2) is 0 Å². The van der Waals surface area contributed by atoms with Crippen molar-refractivity contribution in [1.82, 2.24) is 0 Å². The minimum atomic E-state index is -3.68. The molecule has 0 aromatic rings. The Morgan fingerprint density at radius 3 is 2.00 bits per heavy atom. The van der Waals surface area contributed by atoms with Gasteiger partial charge in [0.05, 0.1) is 18.6 Å². The average molecular weight is 244 g/mol. The summed E-state index contributed by atoms with van der Waals surface area (Å²) in [7, 11) is -5.95. The first-order valence-electron chi connectivity index (χ1n) is 3.61. The topological polar surface area (TPSA) is 94.6 Å². The molecule has 0 aliphatic heterocycles. The molecule has 0 radical (unpaired) electrons. The molecule has 0 unspecified atom stereocenters. The predicted octanol–water partition coefficient (Wildman–Crippen LogP) is -1.38. The molecule has 0 saturated carbocycles. The van der Waals surface area contributed by atoms with Crippen LogP contribution in [-0.4, -0.2) is 53.4 Å². The van der Waals surface area contributed by atoms with Crippen molar-refractivity contribution >= 4 is 25.6 Å². The lowest BCUT2D eigenvalue weighted by Gasteiger charge is -2.01. The lowest BCUT2D eigenvalue weighted by molar-refractivity contribution is -0.137.